The van der Waals surface area contributed by atoms with Crippen LogP contribution in [0.3, 0.4) is 0 Å². The van der Waals surface area contributed by atoms with E-state index in [4.69, 9.17) is 11.6 Å². The van der Waals surface area contributed by atoms with Gasteiger partial charge in [-0.05, 0) is 40.2 Å². The molecule has 2 rings (SSSR count). The highest BCUT2D eigenvalue weighted by Gasteiger charge is 2.21. The molecule has 3 nitrogen and oxygen atoms in total. The van der Waals surface area contributed by atoms with Gasteiger partial charge in [0, 0.05) is 6.20 Å². The van der Waals surface area contributed by atoms with Crippen LogP contribution in [0, 0.1) is 0 Å². The van der Waals surface area contributed by atoms with Crippen molar-refractivity contribution in [1.29, 1.82) is 0 Å². The van der Waals surface area contributed by atoms with E-state index in [0.717, 1.165) is 11.1 Å². The normalized spacial score (nSPS) is 12.1. The molecule has 0 aliphatic rings. The van der Waals surface area contributed by atoms with Gasteiger partial charge in [-0.15, -0.1) is 0 Å². The third kappa shape index (κ3) is 4.15. The van der Waals surface area contributed by atoms with Crippen LogP contribution in [0.25, 0.3) is 0 Å². The maximum absolute atomic E-state index is 12.6. The van der Waals surface area contributed by atoms with Crippen LogP contribution in [0.5, 0.6) is 0 Å². The molecule has 2 aromatic rings. The van der Waals surface area contributed by atoms with Crippen molar-refractivity contribution in [3.05, 3.63) is 58.4 Å². The van der Waals surface area contributed by atoms with Gasteiger partial charge in [0.05, 0.1) is 10.7 Å². The number of nitrogens with one attached hydrogen (secondary N) is 1. The van der Waals surface area contributed by atoms with Gasteiger partial charge in [-0.3, -0.25) is 9.78 Å². The van der Waals surface area contributed by atoms with E-state index in [1.54, 1.807) is 6.20 Å². The Labute approximate surface area is 149 Å². The lowest BCUT2D eigenvalue weighted by Gasteiger charge is -2.22. The Balaban J connectivity index is 2.31. The summed E-state index contributed by atoms with van der Waals surface area (Å²) in [5.74, 6) is -0.256. The summed E-state index contributed by atoms with van der Waals surface area (Å²) in [6, 6.07) is 9.46. The minimum atomic E-state index is -0.256. The van der Waals surface area contributed by atoms with Gasteiger partial charge in [-0.2, -0.15) is 0 Å². The zero-order chi connectivity index (χ0) is 18.1. The number of carbonyl (C=O) groups is 1. The van der Waals surface area contributed by atoms with E-state index in [1.807, 2.05) is 30.3 Å². The number of hydrogen-bond acceptors (Lipinski definition) is 2. The van der Waals surface area contributed by atoms with Crippen LogP contribution in [0.15, 0.2) is 36.5 Å². The fourth-order valence-electron chi connectivity index (χ4n) is 2.42. The molecule has 0 unspecified atom stereocenters. The Bertz CT molecular complexity index is 755. The second kappa shape index (κ2) is 6.56. The van der Waals surface area contributed by atoms with Gasteiger partial charge in [0.15, 0.2) is 0 Å². The minimum absolute atomic E-state index is 0.0399. The van der Waals surface area contributed by atoms with Gasteiger partial charge in [-0.1, -0.05) is 65.3 Å². The highest BCUT2D eigenvalue weighted by atomic mass is 35.5. The molecule has 0 atom stereocenters. The molecule has 0 saturated carbocycles. The van der Waals surface area contributed by atoms with Gasteiger partial charge >= 0.3 is 0 Å². The maximum atomic E-state index is 12.6. The summed E-state index contributed by atoms with van der Waals surface area (Å²) < 4.78 is 0. The van der Waals surface area contributed by atoms with Gasteiger partial charge in [0.1, 0.15) is 5.69 Å². The summed E-state index contributed by atoms with van der Waals surface area (Å²) in [4.78, 5) is 16.8. The third-order valence-corrected chi connectivity index (χ3v) is 4.32. The lowest BCUT2D eigenvalue weighted by molar-refractivity contribution is 0.102. The van der Waals surface area contributed by atoms with Gasteiger partial charge < -0.3 is 5.32 Å². The maximum Gasteiger partial charge on any atom is 0.274 e. The fourth-order valence-corrected chi connectivity index (χ4v) is 2.87. The van der Waals surface area contributed by atoms with Crippen LogP contribution in [-0.4, -0.2) is 10.9 Å². The van der Waals surface area contributed by atoms with E-state index >= 15 is 0 Å². The van der Waals surface area contributed by atoms with Crippen LogP contribution in [0.1, 0.15) is 63.2 Å². The van der Waals surface area contributed by atoms with E-state index in [-0.39, 0.29) is 16.7 Å². The van der Waals surface area contributed by atoms with Crippen molar-refractivity contribution < 1.29 is 4.79 Å². The van der Waals surface area contributed by atoms with Crippen LogP contribution in [-0.2, 0) is 10.8 Å². The van der Waals surface area contributed by atoms with Gasteiger partial charge in [0.25, 0.3) is 5.91 Å². The number of hydrogen-bond donors (Lipinski definition) is 1. The smallest absolute Gasteiger partial charge is 0.274 e. The van der Waals surface area contributed by atoms with Crippen LogP contribution >= 0.6 is 11.6 Å². The Morgan fingerprint density at radius 2 is 1.71 bits per heavy atom. The summed E-state index contributed by atoms with van der Waals surface area (Å²) >= 11 is 6.49. The summed E-state index contributed by atoms with van der Waals surface area (Å²) in [5.41, 5.74) is 2.93. The average molecular weight is 345 g/mol. The van der Waals surface area contributed by atoms with Crippen LogP contribution in [0.4, 0.5) is 5.69 Å². The second-order valence-corrected chi connectivity index (χ2v) is 8.43. The minimum Gasteiger partial charge on any atom is -0.319 e. The Kier molecular flexibility index (Phi) is 5.05. The highest BCUT2D eigenvalue weighted by molar-refractivity contribution is 6.34. The monoisotopic (exact) mass is 344 g/mol. The summed E-state index contributed by atoms with van der Waals surface area (Å²) in [6.45, 7) is 12.6. The second-order valence-electron chi connectivity index (χ2n) is 8.05. The molecule has 0 aliphatic heterocycles. The molecular formula is C20H25ClN2O. The predicted molar refractivity (Wildman–Crippen MR) is 101 cm³/mol. The third-order valence-electron chi connectivity index (χ3n) is 3.91. The molecule has 128 valence electrons. The first-order valence-corrected chi connectivity index (χ1v) is 8.45. The van der Waals surface area contributed by atoms with E-state index in [1.165, 1.54) is 0 Å². The standard InChI is InChI=1S/C20H25ClN2O/c1-19(2,3)13-10-11-22-16(12-13)18(24)23-15-9-7-8-14(17(15)21)20(4,5)6/h7-12H,1-6H3,(H,23,24). The Hall–Kier alpha value is -1.87. The SMILES string of the molecule is CC(C)(C)c1ccnc(C(=O)Nc2cccc(C(C)(C)C)c2Cl)c1. The first-order valence-electron chi connectivity index (χ1n) is 8.07. The Morgan fingerprint density at radius 3 is 2.29 bits per heavy atom. The van der Waals surface area contributed by atoms with E-state index in [0.29, 0.717) is 16.4 Å². The highest BCUT2D eigenvalue weighted by Crippen LogP contribution is 2.34. The molecule has 0 saturated heterocycles. The quantitative estimate of drug-likeness (QED) is 0.772. The number of aromatic nitrogens is 1. The van der Waals surface area contributed by atoms with Gasteiger partial charge in [-0.25, -0.2) is 0 Å². The topological polar surface area (TPSA) is 42.0 Å². The molecule has 0 bridgehead atoms. The lowest BCUT2D eigenvalue weighted by atomic mass is 9.86. The number of carbonyl (C=O) groups excluding carboxylic acids is 1. The van der Waals surface area contributed by atoms with Crippen molar-refractivity contribution in [3.63, 3.8) is 0 Å². The number of amides is 1. The zero-order valence-electron chi connectivity index (χ0n) is 15.2. The summed E-state index contributed by atoms with van der Waals surface area (Å²) in [6.07, 6.45) is 1.67. The molecule has 0 radical (unpaired) electrons. The number of nitrogens with zero attached hydrogens (tertiary/aromatic N) is 1. The molecule has 4 heteroatoms. The van der Waals surface area contributed by atoms with E-state index in [9.17, 15) is 4.79 Å². The molecule has 24 heavy (non-hydrogen) atoms. The zero-order valence-corrected chi connectivity index (χ0v) is 16.0. The largest absolute Gasteiger partial charge is 0.319 e. The molecule has 1 aromatic heterocycles. The summed E-state index contributed by atoms with van der Waals surface area (Å²) in [7, 11) is 0. The predicted octanol–water partition coefficient (Wildman–Crippen LogP) is 5.58. The van der Waals surface area contributed by atoms with E-state index in [2.05, 4.69) is 51.8 Å². The molecular weight excluding hydrogens is 320 g/mol. The Morgan fingerprint density at radius 1 is 1.04 bits per heavy atom. The number of halogens is 1. The average Bonchev–Trinajstić information content (AvgIpc) is 2.47. The summed E-state index contributed by atoms with van der Waals surface area (Å²) in [5, 5.41) is 3.46. The van der Waals surface area contributed by atoms with Crippen molar-refractivity contribution in [2.75, 3.05) is 5.32 Å². The number of rotatable bonds is 2. The lowest BCUT2D eigenvalue weighted by Crippen LogP contribution is -2.18. The molecule has 0 spiro atoms. The van der Waals surface area contributed by atoms with Crippen molar-refractivity contribution in [2.24, 2.45) is 0 Å². The van der Waals surface area contributed by atoms with Crippen molar-refractivity contribution in [2.45, 2.75) is 52.4 Å². The first kappa shape index (κ1) is 18.5. The van der Waals surface area contributed by atoms with E-state index < -0.39 is 0 Å². The van der Waals surface area contributed by atoms with Crippen molar-refractivity contribution in [1.82, 2.24) is 4.98 Å². The molecule has 1 N–H and O–H groups in total. The molecule has 1 aromatic carbocycles. The van der Waals surface area contributed by atoms with Gasteiger partial charge in [0.2, 0.25) is 0 Å². The molecule has 0 fully saturated rings. The van der Waals surface area contributed by atoms with Crippen molar-refractivity contribution in [3.8, 4) is 0 Å². The fraction of sp³-hybridized carbons (Fsp3) is 0.400. The first-order chi connectivity index (χ1) is 11.0. The molecule has 1 heterocycles. The van der Waals surface area contributed by atoms with Crippen LogP contribution < -0.4 is 5.32 Å². The number of benzene rings is 1. The molecule has 1 amide bonds. The molecule has 0 aliphatic carbocycles. The number of anilines is 1. The number of pyridine rings is 1. The van der Waals surface area contributed by atoms with Crippen LogP contribution in [0.2, 0.25) is 5.02 Å². The van der Waals surface area contributed by atoms with Crippen molar-refractivity contribution >= 4 is 23.2 Å².